The van der Waals surface area contributed by atoms with Crippen molar-refractivity contribution < 1.29 is 0 Å². The highest BCUT2D eigenvalue weighted by Crippen LogP contribution is 2.39. The third kappa shape index (κ3) is 3.89. The molecule has 3 heterocycles. The highest BCUT2D eigenvalue weighted by atomic mass is 32.1. The Morgan fingerprint density at radius 1 is 0.808 bits per heavy atom. The Hall–Kier alpha value is -1.97. The Balaban J connectivity index is 1.55. The normalized spacial score (nSPS) is 11.3. The molecule has 26 heavy (non-hydrogen) atoms. The second kappa shape index (κ2) is 8.15. The van der Waals surface area contributed by atoms with E-state index in [-0.39, 0.29) is 0 Å². The van der Waals surface area contributed by atoms with Crippen LogP contribution in [0.25, 0.3) is 31.1 Å². The molecule has 0 unspecified atom stereocenters. The van der Waals surface area contributed by atoms with Crippen molar-refractivity contribution in [3.8, 4) is 21.7 Å². The standard InChI is InChI=1S/C23H23NS2/c1-2-3-4-8-11-19-15-22-23(25-19)16-21(26-22)18-12-13-24-20(14-18)17-9-6-5-7-10-17/h5-7,9-10,12-16H,2-4,8,11H2,1H3. The van der Waals surface area contributed by atoms with Crippen LogP contribution in [-0.4, -0.2) is 4.98 Å². The largest absolute Gasteiger partial charge is 0.256 e. The predicted octanol–water partition coefficient (Wildman–Crippen LogP) is 7.81. The molecule has 0 amide bonds. The molecule has 3 aromatic heterocycles. The summed E-state index contributed by atoms with van der Waals surface area (Å²) in [6.07, 6.45) is 8.49. The number of aromatic nitrogens is 1. The summed E-state index contributed by atoms with van der Waals surface area (Å²) in [6, 6.07) is 19.5. The zero-order valence-corrected chi connectivity index (χ0v) is 16.7. The molecule has 4 rings (SSSR count). The van der Waals surface area contributed by atoms with Gasteiger partial charge in [0.2, 0.25) is 0 Å². The van der Waals surface area contributed by atoms with E-state index >= 15 is 0 Å². The molecule has 0 aliphatic rings. The first kappa shape index (κ1) is 17.4. The first-order valence-corrected chi connectivity index (χ1v) is 11.0. The summed E-state index contributed by atoms with van der Waals surface area (Å²) >= 11 is 3.87. The molecule has 132 valence electrons. The summed E-state index contributed by atoms with van der Waals surface area (Å²) in [5, 5.41) is 0. The maximum atomic E-state index is 4.55. The Morgan fingerprint density at radius 3 is 2.46 bits per heavy atom. The first-order valence-electron chi connectivity index (χ1n) is 9.37. The van der Waals surface area contributed by atoms with Crippen LogP contribution in [0.5, 0.6) is 0 Å². The zero-order chi connectivity index (χ0) is 17.8. The number of benzene rings is 1. The van der Waals surface area contributed by atoms with E-state index in [2.05, 4.69) is 60.4 Å². The summed E-state index contributed by atoms with van der Waals surface area (Å²) in [5.74, 6) is 0. The van der Waals surface area contributed by atoms with Crippen molar-refractivity contribution in [2.24, 2.45) is 0 Å². The Bertz CT molecular complexity index is 950. The van der Waals surface area contributed by atoms with Gasteiger partial charge in [-0.05, 0) is 42.7 Å². The van der Waals surface area contributed by atoms with Gasteiger partial charge in [-0.1, -0.05) is 56.5 Å². The van der Waals surface area contributed by atoms with Crippen molar-refractivity contribution in [2.45, 2.75) is 39.0 Å². The van der Waals surface area contributed by atoms with Crippen molar-refractivity contribution in [1.29, 1.82) is 0 Å². The third-order valence-corrected chi connectivity index (χ3v) is 7.05. The lowest BCUT2D eigenvalue weighted by atomic mass is 10.1. The Labute approximate surface area is 163 Å². The fourth-order valence-electron chi connectivity index (χ4n) is 3.23. The van der Waals surface area contributed by atoms with Crippen LogP contribution in [0.15, 0.2) is 60.8 Å². The molecule has 0 atom stereocenters. The van der Waals surface area contributed by atoms with Crippen LogP contribution >= 0.6 is 22.7 Å². The number of pyridine rings is 1. The van der Waals surface area contributed by atoms with E-state index in [0.29, 0.717) is 0 Å². The minimum atomic E-state index is 1.04. The van der Waals surface area contributed by atoms with Gasteiger partial charge in [-0.2, -0.15) is 0 Å². The van der Waals surface area contributed by atoms with E-state index in [9.17, 15) is 0 Å². The molecular formula is C23H23NS2. The van der Waals surface area contributed by atoms with Crippen LogP contribution in [-0.2, 0) is 6.42 Å². The highest BCUT2D eigenvalue weighted by Gasteiger charge is 2.10. The quantitative estimate of drug-likeness (QED) is 0.299. The van der Waals surface area contributed by atoms with Gasteiger partial charge in [-0.25, -0.2) is 0 Å². The number of rotatable bonds is 7. The van der Waals surface area contributed by atoms with Crippen molar-refractivity contribution in [2.75, 3.05) is 0 Å². The molecule has 0 bridgehead atoms. The lowest BCUT2D eigenvalue weighted by Gasteiger charge is -2.03. The predicted molar refractivity (Wildman–Crippen MR) is 116 cm³/mol. The molecule has 0 radical (unpaired) electrons. The second-order valence-electron chi connectivity index (χ2n) is 6.66. The molecular weight excluding hydrogens is 354 g/mol. The van der Waals surface area contributed by atoms with Crippen LogP contribution in [0.4, 0.5) is 0 Å². The molecule has 0 spiro atoms. The Morgan fingerprint density at radius 2 is 1.65 bits per heavy atom. The van der Waals surface area contributed by atoms with E-state index in [4.69, 9.17) is 0 Å². The molecule has 0 saturated heterocycles. The van der Waals surface area contributed by atoms with E-state index in [0.717, 1.165) is 5.69 Å². The van der Waals surface area contributed by atoms with Crippen LogP contribution in [0.2, 0.25) is 0 Å². The average molecular weight is 378 g/mol. The minimum Gasteiger partial charge on any atom is -0.256 e. The molecule has 0 aliphatic heterocycles. The van der Waals surface area contributed by atoms with Crippen LogP contribution < -0.4 is 0 Å². The summed E-state index contributed by atoms with van der Waals surface area (Å²) in [4.78, 5) is 7.42. The number of hydrogen-bond acceptors (Lipinski definition) is 3. The summed E-state index contributed by atoms with van der Waals surface area (Å²) in [5.41, 5.74) is 3.47. The monoisotopic (exact) mass is 377 g/mol. The van der Waals surface area contributed by atoms with Gasteiger partial charge in [0.25, 0.3) is 0 Å². The lowest BCUT2D eigenvalue weighted by Crippen LogP contribution is -1.83. The third-order valence-electron chi connectivity index (χ3n) is 4.65. The maximum absolute atomic E-state index is 4.55. The summed E-state index contributed by atoms with van der Waals surface area (Å²) in [6.45, 7) is 2.27. The van der Waals surface area contributed by atoms with Gasteiger partial charge in [0.15, 0.2) is 0 Å². The van der Waals surface area contributed by atoms with Crippen LogP contribution in [0.3, 0.4) is 0 Å². The number of hydrogen-bond donors (Lipinski definition) is 0. The van der Waals surface area contributed by atoms with Gasteiger partial charge in [0.05, 0.1) is 5.69 Å². The molecule has 0 aliphatic carbocycles. The van der Waals surface area contributed by atoms with Gasteiger partial charge in [0, 0.05) is 30.9 Å². The van der Waals surface area contributed by atoms with Crippen molar-refractivity contribution in [3.05, 3.63) is 65.7 Å². The van der Waals surface area contributed by atoms with E-state index in [1.54, 1.807) is 0 Å². The number of aryl methyl sites for hydroxylation is 1. The molecule has 0 saturated carbocycles. The molecule has 1 nitrogen and oxygen atoms in total. The molecule has 0 fully saturated rings. The van der Waals surface area contributed by atoms with Crippen molar-refractivity contribution in [1.82, 2.24) is 4.98 Å². The average Bonchev–Trinajstić information content (AvgIpc) is 3.25. The van der Waals surface area contributed by atoms with E-state index < -0.39 is 0 Å². The van der Waals surface area contributed by atoms with Crippen LogP contribution in [0.1, 0.15) is 37.5 Å². The van der Waals surface area contributed by atoms with Crippen LogP contribution in [0, 0.1) is 0 Å². The molecule has 4 aromatic rings. The smallest absolute Gasteiger partial charge is 0.0708 e. The number of thiophene rings is 2. The zero-order valence-electron chi connectivity index (χ0n) is 15.1. The maximum Gasteiger partial charge on any atom is 0.0708 e. The van der Waals surface area contributed by atoms with Gasteiger partial charge in [-0.15, -0.1) is 22.7 Å². The van der Waals surface area contributed by atoms with Gasteiger partial charge < -0.3 is 0 Å². The number of unbranched alkanes of at least 4 members (excludes halogenated alkanes) is 3. The summed E-state index contributed by atoms with van der Waals surface area (Å²) < 4.78 is 2.85. The number of nitrogens with zero attached hydrogens (tertiary/aromatic N) is 1. The molecule has 3 heteroatoms. The SMILES string of the molecule is CCCCCCc1cc2sc(-c3ccnc(-c4ccccc4)c3)cc2s1. The fraction of sp³-hybridized carbons (Fsp3) is 0.261. The second-order valence-corrected chi connectivity index (χ2v) is 8.91. The Kier molecular flexibility index (Phi) is 5.47. The first-order chi connectivity index (χ1) is 12.8. The number of fused-ring (bicyclic) bond motifs is 1. The van der Waals surface area contributed by atoms with E-state index in [1.807, 2.05) is 34.9 Å². The highest BCUT2D eigenvalue weighted by molar-refractivity contribution is 7.29. The van der Waals surface area contributed by atoms with Gasteiger partial charge >= 0.3 is 0 Å². The van der Waals surface area contributed by atoms with Crippen molar-refractivity contribution in [3.63, 3.8) is 0 Å². The topological polar surface area (TPSA) is 12.9 Å². The molecule has 0 N–H and O–H groups in total. The fourth-order valence-corrected chi connectivity index (χ4v) is 5.69. The van der Waals surface area contributed by atoms with E-state index in [1.165, 1.54) is 62.4 Å². The lowest BCUT2D eigenvalue weighted by molar-refractivity contribution is 0.670. The van der Waals surface area contributed by atoms with Gasteiger partial charge in [0.1, 0.15) is 0 Å². The van der Waals surface area contributed by atoms with Crippen molar-refractivity contribution >= 4 is 32.1 Å². The summed E-state index contributed by atoms with van der Waals surface area (Å²) in [7, 11) is 0. The van der Waals surface area contributed by atoms with Gasteiger partial charge in [-0.3, -0.25) is 4.98 Å². The molecule has 1 aromatic carbocycles. The minimum absolute atomic E-state index is 1.04.